The Morgan fingerprint density at radius 3 is 3.16 bits per heavy atom. The van der Waals surface area contributed by atoms with Gasteiger partial charge in [0, 0.05) is 32.4 Å². The Morgan fingerprint density at radius 1 is 1.63 bits per heavy atom. The van der Waals surface area contributed by atoms with Crippen LogP contribution in [-0.4, -0.2) is 52.4 Å². The predicted octanol–water partition coefficient (Wildman–Crippen LogP) is 1.07. The standard InChI is InChI=1S/C13H21FN4O/c1-3-5-18-8-11(7-16-18)12(19)17-6-4-15-9-13(2,14)10-17/h7-8,15H,3-6,9-10H2,1-2H3/t13-/m0/s1. The first-order valence-electron chi connectivity index (χ1n) is 6.73. The average Bonchev–Trinajstić information content (AvgIpc) is 2.73. The molecule has 1 N–H and O–H groups in total. The molecule has 1 aromatic heterocycles. The third-order valence-corrected chi connectivity index (χ3v) is 3.19. The van der Waals surface area contributed by atoms with Gasteiger partial charge in [-0.15, -0.1) is 0 Å². The molecule has 0 aliphatic carbocycles. The fourth-order valence-corrected chi connectivity index (χ4v) is 2.28. The summed E-state index contributed by atoms with van der Waals surface area (Å²) in [6, 6.07) is 0. The average molecular weight is 268 g/mol. The van der Waals surface area contributed by atoms with Crippen molar-refractivity contribution in [3.05, 3.63) is 18.0 Å². The summed E-state index contributed by atoms with van der Waals surface area (Å²) in [7, 11) is 0. The number of carbonyl (C=O) groups excluding carboxylic acids is 1. The SMILES string of the molecule is CCCn1cc(C(=O)N2CCNC[C@](C)(F)C2)cn1. The second-order valence-corrected chi connectivity index (χ2v) is 5.31. The van der Waals surface area contributed by atoms with E-state index in [9.17, 15) is 9.18 Å². The molecule has 0 saturated carbocycles. The summed E-state index contributed by atoms with van der Waals surface area (Å²) in [5.74, 6) is -0.144. The van der Waals surface area contributed by atoms with Crippen LogP contribution in [0.15, 0.2) is 12.4 Å². The monoisotopic (exact) mass is 268 g/mol. The number of hydrogen-bond donors (Lipinski definition) is 1. The molecule has 1 amide bonds. The molecule has 1 aromatic rings. The molecule has 0 spiro atoms. The van der Waals surface area contributed by atoms with E-state index >= 15 is 0 Å². The van der Waals surface area contributed by atoms with E-state index in [1.165, 1.54) is 6.92 Å². The van der Waals surface area contributed by atoms with Crippen LogP contribution in [0, 0.1) is 0 Å². The van der Waals surface area contributed by atoms with E-state index < -0.39 is 5.67 Å². The number of hydrogen-bond acceptors (Lipinski definition) is 3. The molecule has 0 radical (unpaired) electrons. The van der Waals surface area contributed by atoms with Crippen molar-refractivity contribution in [2.24, 2.45) is 0 Å². The fourth-order valence-electron chi connectivity index (χ4n) is 2.28. The zero-order chi connectivity index (χ0) is 13.9. The molecule has 6 heteroatoms. The fraction of sp³-hybridized carbons (Fsp3) is 0.692. The minimum atomic E-state index is -1.38. The number of nitrogens with one attached hydrogen (secondary N) is 1. The number of halogens is 1. The van der Waals surface area contributed by atoms with Crippen LogP contribution in [0.5, 0.6) is 0 Å². The largest absolute Gasteiger partial charge is 0.334 e. The Bertz CT molecular complexity index is 444. The number of alkyl halides is 1. The summed E-state index contributed by atoms with van der Waals surface area (Å²) >= 11 is 0. The third-order valence-electron chi connectivity index (χ3n) is 3.19. The number of nitrogens with zero attached hydrogens (tertiary/aromatic N) is 3. The summed E-state index contributed by atoms with van der Waals surface area (Å²) < 4.78 is 15.9. The lowest BCUT2D eigenvalue weighted by Crippen LogP contribution is -2.42. The van der Waals surface area contributed by atoms with Crippen LogP contribution in [0.2, 0.25) is 0 Å². The molecule has 2 rings (SSSR count). The Morgan fingerprint density at radius 2 is 2.42 bits per heavy atom. The van der Waals surface area contributed by atoms with E-state index in [-0.39, 0.29) is 19.0 Å². The maximum absolute atomic E-state index is 14.1. The maximum Gasteiger partial charge on any atom is 0.257 e. The minimum Gasteiger partial charge on any atom is -0.334 e. The molecule has 1 fully saturated rings. The number of amides is 1. The zero-order valence-corrected chi connectivity index (χ0v) is 11.5. The molecule has 0 bridgehead atoms. The van der Waals surface area contributed by atoms with Crippen molar-refractivity contribution in [2.75, 3.05) is 26.2 Å². The van der Waals surface area contributed by atoms with E-state index in [1.54, 1.807) is 22.0 Å². The molecule has 0 unspecified atom stereocenters. The van der Waals surface area contributed by atoms with Crippen LogP contribution in [0.25, 0.3) is 0 Å². The van der Waals surface area contributed by atoms with Crippen molar-refractivity contribution in [1.29, 1.82) is 0 Å². The number of carbonyl (C=O) groups is 1. The van der Waals surface area contributed by atoms with Crippen LogP contribution in [0.1, 0.15) is 30.6 Å². The summed E-state index contributed by atoms with van der Waals surface area (Å²) in [5.41, 5.74) is -0.850. The molecule has 5 nitrogen and oxygen atoms in total. The molecule has 1 saturated heterocycles. The Balaban J connectivity index is 2.08. The molecule has 19 heavy (non-hydrogen) atoms. The van der Waals surface area contributed by atoms with Crippen molar-refractivity contribution < 1.29 is 9.18 Å². The minimum absolute atomic E-state index is 0.123. The van der Waals surface area contributed by atoms with Gasteiger partial charge in [-0.25, -0.2) is 4.39 Å². The lowest BCUT2D eigenvalue weighted by atomic mass is 10.1. The van der Waals surface area contributed by atoms with Gasteiger partial charge in [-0.1, -0.05) is 6.92 Å². The van der Waals surface area contributed by atoms with E-state index in [4.69, 9.17) is 0 Å². The van der Waals surface area contributed by atoms with Crippen molar-refractivity contribution in [2.45, 2.75) is 32.5 Å². The number of aromatic nitrogens is 2. The van der Waals surface area contributed by atoms with Crippen LogP contribution >= 0.6 is 0 Å². The van der Waals surface area contributed by atoms with Gasteiger partial charge in [0.05, 0.1) is 18.3 Å². The van der Waals surface area contributed by atoms with E-state index in [2.05, 4.69) is 17.3 Å². The Hall–Kier alpha value is -1.43. The molecular weight excluding hydrogens is 247 g/mol. The first-order valence-corrected chi connectivity index (χ1v) is 6.73. The van der Waals surface area contributed by atoms with Gasteiger partial charge in [0.1, 0.15) is 5.67 Å². The molecule has 2 heterocycles. The first-order chi connectivity index (χ1) is 9.02. The van der Waals surface area contributed by atoms with E-state index in [0.29, 0.717) is 18.7 Å². The summed E-state index contributed by atoms with van der Waals surface area (Å²) in [6.45, 7) is 5.91. The number of aryl methyl sites for hydroxylation is 1. The van der Waals surface area contributed by atoms with Crippen LogP contribution < -0.4 is 5.32 Å². The third kappa shape index (κ3) is 3.53. The highest BCUT2D eigenvalue weighted by Gasteiger charge is 2.31. The molecule has 106 valence electrons. The van der Waals surface area contributed by atoms with Crippen molar-refractivity contribution in [1.82, 2.24) is 20.0 Å². The highest BCUT2D eigenvalue weighted by atomic mass is 19.1. The molecule has 1 aliphatic heterocycles. The van der Waals surface area contributed by atoms with Crippen LogP contribution in [0.3, 0.4) is 0 Å². The van der Waals surface area contributed by atoms with Gasteiger partial charge in [-0.05, 0) is 13.3 Å². The number of rotatable bonds is 3. The van der Waals surface area contributed by atoms with Gasteiger partial charge in [0.15, 0.2) is 0 Å². The van der Waals surface area contributed by atoms with E-state index in [0.717, 1.165) is 13.0 Å². The lowest BCUT2D eigenvalue weighted by Gasteiger charge is -2.25. The van der Waals surface area contributed by atoms with Crippen molar-refractivity contribution in [3.8, 4) is 0 Å². The van der Waals surface area contributed by atoms with Gasteiger partial charge in [0.25, 0.3) is 5.91 Å². The van der Waals surface area contributed by atoms with Crippen molar-refractivity contribution in [3.63, 3.8) is 0 Å². The Labute approximate surface area is 112 Å². The highest BCUT2D eigenvalue weighted by molar-refractivity contribution is 5.93. The molecule has 1 aliphatic rings. The van der Waals surface area contributed by atoms with Crippen LogP contribution in [0.4, 0.5) is 4.39 Å². The summed E-state index contributed by atoms with van der Waals surface area (Å²) in [5, 5.41) is 7.15. The molecule has 1 atom stereocenters. The lowest BCUT2D eigenvalue weighted by molar-refractivity contribution is 0.0656. The topological polar surface area (TPSA) is 50.2 Å². The van der Waals surface area contributed by atoms with Gasteiger partial charge >= 0.3 is 0 Å². The Kier molecular flexibility index (Phi) is 4.19. The molecular formula is C13H21FN4O. The first kappa shape index (κ1) is 14.0. The second-order valence-electron chi connectivity index (χ2n) is 5.31. The van der Waals surface area contributed by atoms with Gasteiger partial charge in [-0.3, -0.25) is 9.48 Å². The predicted molar refractivity (Wildman–Crippen MR) is 70.8 cm³/mol. The summed E-state index contributed by atoms with van der Waals surface area (Å²) in [4.78, 5) is 13.9. The van der Waals surface area contributed by atoms with Gasteiger partial charge in [-0.2, -0.15) is 5.10 Å². The normalized spacial score (nSPS) is 24.3. The summed E-state index contributed by atoms with van der Waals surface area (Å²) in [6.07, 6.45) is 4.26. The maximum atomic E-state index is 14.1. The quantitative estimate of drug-likeness (QED) is 0.892. The second kappa shape index (κ2) is 5.69. The van der Waals surface area contributed by atoms with Crippen LogP contribution in [-0.2, 0) is 6.54 Å². The van der Waals surface area contributed by atoms with E-state index in [1.807, 2.05) is 0 Å². The zero-order valence-electron chi connectivity index (χ0n) is 11.5. The molecule has 0 aromatic carbocycles. The smallest absolute Gasteiger partial charge is 0.257 e. The van der Waals surface area contributed by atoms with Gasteiger partial charge in [0.2, 0.25) is 0 Å². The van der Waals surface area contributed by atoms with Gasteiger partial charge < -0.3 is 10.2 Å². The highest BCUT2D eigenvalue weighted by Crippen LogP contribution is 2.15. The van der Waals surface area contributed by atoms with Crippen molar-refractivity contribution >= 4 is 5.91 Å².